The lowest BCUT2D eigenvalue weighted by atomic mass is 10.1. The van der Waals surface area contributed by atoms with Crippen LogP contribution in [0.3, 0.4) is 0 Å². The van der Waals surface area contributed by atoms with Gasteiger partial charge in [-0.15, -0.1) is 0 Å². The molecule has 1 aliphatic heterocycles. The van der Waals surface area contributed by atoms with Gasteiger partial charge >= 0.3 is 6.09 Å². The van der Waals surface area contributed by atoms with Gasteiger partial charge in [0.05, 0.1) is 16.4 Å². The molecule has 0 bridgehead atoms. The van der Waals surface area contributed by atoms with E-state index < -0.39 is 6.09 Å². The number of halogens is 1. The van der Waals surface area contributed by atoms with E-state index in [9.17, 15) is 9.59 Å². The second kappa shape index (κ2) is 6.70. The maximum absolute atomic E-state index is 11.3. The lowest BCUT2D eigenvalue weighted by molar-refractivity contribution is 0.102. The number of benzene rings is 1. The van der Waals surface area contributed by atoms with Crippen LogP contribution in [-0.2, 0) is 6.42 Å². The predicted octanol–water partition coefficient (Wildman–Crippen LogP) is 3.97. The van der Waals surface area contributed by atoms with Crippen LogP contribution in [0, 0.1) is 0 Å². The molecule has 2 aromatic rings. The van der Waals surface area contributed by atoms with Gasteiger partial charge < -0.3 is 19.9 Å². The largest absolute Gasteiger partial charge is 0.486 e. The third-order valence-electron chi connectivity index (χ3n) is 3.45. The summed E-state index contributed by atoms with van der Waals surface area (Å²) >= 11 is 7.50. The molecule has 1 amide bonds. The lowest BCUT2D eigenvalue weighted by Crippen LogP contribution is -2.33. The number of ether oxygens (including phenoxy) is 2. The van der Waals surface area contributed by atoms with Gasteiger partial charge in [-0.25, -0.2) is 4.79 Å². The second-order valence-electron chi connectivity index (χ2n) is 5.30. The van der Waals surface area contributed by atoms with Crippen molar-refractivity contribution in [1.29, 1.82) is 0 Å². The maximum Gasteiger partial charge on any atom is 0.404 e. The Hall–Kier alpha value is -2.25. The number of nitrogens with one attached hydrogen (secondary N) is 1. The number of fused-ring (bicyclic) bond motifs is 1. The molecule has 2 heterocycles. The number of thiophene rings is 1. The minimum absolute atomic E-state index is 0.0102. The van der Waals surface area contributed by atoms with Crippen LogP contribution in [0.1, 0.15) is 22.2 Å². The molecule has 8 heteroatoms. The summed E-state index contributed by atoms with van der Waals surface area (Å²) < 4.78 is 11.4. The fourth-order valence-corrected chi connectivity index (χ4v) is 3.46. The Kier molecular flexibility index (Phi) is 4.64. The molecule has 0 aliphatic carbocycles. The molecule has 1 unspecified atom stereocenters. The van der Waals surface area contributed by atoms with Crippen LogP contribution in [0.5, 0.6) is 16.6 Å². The van der Waals surface area contributed by atoms with E-state index in [1.165, 1.54) is 18.3 Å². The molecule has 1 aromatic carbocycles. The Morgan fingerprint density at radius 3 is 2.92 bits per heavy atom. The molecule has 1 atom stereocenters. The summed E-state index contributed by atoms with van der Waals surface area (Å²) in [4.78, 5) is 22.5. The Labute approximate surface area is 147 Å². The van der Waals surface area contributed by atoms with E-state index in [0.29, 0.717) is 32.9 Å². The van der Waals surface area contributed by atoms with Crippen LogP contribution < -0.4 is 14.8 Å². The standard InChI is InChI=1S/C16H14ClNO5S/c1-8(19)13-2-3-14(24-13)22-10-4-9-5-11(7-18-16(20)21)23-15(9)12(17)6-10/h2-4,6,11,18H,5,7H2,1H3,(H,20,21). The summed E-state index contributed by atoms with van der Waals surface area (Å²) in [6, 6.07) is 6.91. The van der Waals surface area contributed by atoms with Crippen molar-refractivity contribution >= 4 is 34.8 Å². The first kappa shape index (κ1) is 16.6. The van der Waals surface area contributed by atoms with Crippen LogP contribution in [0.15, 0.2) is 24.3 Å². The van der Waals surface area contributed by atoms with Crippen LogP contribution in [0.2, 0.25) is 5.02 Å². The first-order valence-corrected chi connectivity index (χ1v) is 8.36. The molecule has 0 fully saturated rings. The van der Waals surface area contributed by atoms with Gasteiger partial charge in [0.15, 0.2) is 10.8 Å². The molecule has 1 aromatic heterocycles. The average molecular weight is 368 g/mol. The smallest absolute Gasteiger partial charge is 0.404 e. The summed E-state index contributed by atoms with van der Waals surface area (Å²) in [7, 11) is 0. The number of carboxylic acid groups (broad SMARTS) is 1. The average Bonchev–Trinajstić information content (AvgIpc) is 3.12. The summed E-state index contributed by atoms with van der Waals surface area (Å²) in [5.74, 6) is 1.09. The van der Waals surface area contributed by atoms with Gasteiger partial charge in [0.25, 0.3) is 0 Å². The number of carbonyl (C=O) groups excluding carboxylic acids is 1. The van der Waals surface area contributed by atoms with Crippen molar-refractivity contribution in [2.24, 2.45) is 0 Å². The molecule has 0 spiro atoms. The van der Waals surface area contributed by atoms with E-state index >= 15 is 0 Å². The van der Waals surface area contributed by atoms with Crippen molar-refractivity contribution in [2.75, 3.05) is 6.54 Å². The van der Waals surface area contributed by atoms with Gasteiger partial charge in [0.2, 0.25) is 0 Å². The molecule has 0 radical (unpaired) electrons. The van der Waals surface area contributed by atoms with Crippen LogP contribution in [0.4, 0.5) is 4.79 Å². The fourth-order valence-electron chi connectivity index (χ4n) is 2.41. The van der Waals surface area contributed by atoms with Gasteiger partial charge in [-0.3, -0.25) is 4.79 Å². The predicted molar refractivity (Wildman–Crippen MR) is 90.0 cm³/mol. The van der Waals surface area contributed by atoms with Crippen LogP contribution in [-0.4, -0.2) is 29.6 Å². The van der Waals surface area contributed by atoms with E-state index in [0.717, 1.165) is 5.56 Å². The van der Waals surface area contributed by atoms with Crippen LogP contribution >= 0.6 is 22.9 Å². The number of hydrogen-bond donors (Lipinski definition) is 2. The SMILES string of the molecule is CC(=O)c1ccc(Oc2cc(Cl)c3c(c2)CC(CNC(=O)O)O3)s1. The summed E-state index contributed by atoms with van der Waals surface area (Å²) in [5.41, 5.74) is 0.859. The normalized spacial score (nSPS) is 15.5. The molecule has 126 valence electrons. The highest BCUT2D eigenvalue weighted by molar-refractivity contribution is 7.15. The zero-order valence-corrected chi connectivity index (χ0v) is 14.2. The zero-order chi connectivity index (χ0) is 17.3. The van der Waals surface area contributed by atoms with Gasteiger partial charge in [-0.05, 0) is 25.1 Å². The second-order valence-corrected chi connectivity index (χ2v) is 6.75. The highest BCUT2D eigenvalue weighted by atomic mass is 35.5. The lowest BCUT2D eigenvalue weighted by Gasteiger charge is -2.10. The zero-order valence-electron chi connectivity index (χ0n) is 12.7. The van der Waals surface area contributed by atoms with Gasteiger partial charge in [-0.2, -0.15) is 0 Å². The third kappa shape index (κ3) is 3.63. The number of ketones is 1. The van der Waals surface area contributed by atoms with Gasteiger partial charge in [0, 0.05) is 18.1 Å². The quantitative estimate of drug-likeness (QED) is 0.781. The molecular formula is C16H14ClNO5S. The molecule has 2 N–H and O–H groups in total. The fraction of sp³-hybridized carbons (Fsp3) is 0.250. The molecule has 0 saturated heterocycles. The monoisotopic (exact) mass is 367 g/mol. The topological polar surface area (TPSA) is 84.9 Å². The van der Waals surface area contributed by atoms with E-state index in [1.54, 1.807) is 18.2 Å². The maximum atomic E-state index is 11.3. The number of Topliss-reactive ketones (excluding diaryl/α,β-unsaturated/α-hetero) is 1. The number of hydrogen-bond acceptors (Lipinski definition) is 5. The van der Waals surface area contributed by atoms with Gasteiger partial charge in [-0.1, -0.05) is 22.9 Å². The van der Waals surface area contributed by atoms with E-state index in [4.69, 9.17) is 26.2 Å². The van der Waals surface area contributed by atoms with Gasteiger partial charge in [0.1, 0.15) is 17.6 Å². The van der Waals surface area contributed by atoms with E-state index in [-0.39, 0.29) is 18.4 Å². The summed E-state index contributed by atoms with van der Waals surface area (Å²) in [6.07, 6.45) is -0.853. The van der Waals surface area contributed by atoms with Crippen molar-refractivity contribution in [1.82, 2.24) is 5.32 Å². The van der Waals surface area contributed by atoms with Crippen molar-refractivity contribution < 1.29 is 24.2 Å². The Balaban J connectivity index is 1.74. The minimum Gasteiger partial charge on any atom is -0.486 e. The third-order valence-corrected chi connectivity index (χ3v) is 4.80. The molecule has 24 heavy (non-hydrogen) atoms. The minimum atomic E-state index is -1.09. The first-order valence-electron chi connectivity index (χ1n) is 7.17. The molecule has 1 aliphatic rings. The van der Waals surface area contributed by atoms with E-state index in [1.807, 2.05) is 6.07 Å². The Morgan fingerprint density at radius 2 is 2.25 bits per heavy atom. The number of amides is 1. The first-order chi connectivity index (χ1) is 11.4. The number of rotatable bonds is 5. The highest BCUT2D eigenvalue weighted by Gasteiger charge is 2.26. The highest BCUT2D eigenvalue weighted by Crippen LogP contribution is 2.41. The van der Waals surface area contributed by atoms with Crippen molar-refractivity contribution in [3.63, 3.8) is 0 Å². The molecule has 6 nitrogen and oxygen atoms in total. The van der Waals surface area contributed by atoms with Crippen LogP contribution in [0.25, 0.3) is 0 Å². The number of carbonyl (C=O) groups is 2. The molecule has 3 rings (SSSR count). The van der Waals surface area contributed by atoms with E-state index in [2.05, 4.69) is 5.32 Å². The summed E-state index contributed by atoms with van der Waals surface area (Å²) in [5, 5.41) is 12.0. The summed E-state index contributed by atoms with van der Waals surface area (Å²) in [6.45, 7) is 1.69. The van der Waals surface area contributed by atoms with Crippen molar-refractivity contribution in [3.8, 4) is 16.6 Å². The molecular weight excluding hydrogens is 354 g/mol. The Bertz CT molecular complexity index is 804. The van der Waals surface area contributed by atoms with Crippen molar-refractivity contribution in [3.05, 3.63) is 39.7 Å². The van der Waals surface area contributed by atoms with Crippen molar-refractivity contribution in [2.45, 2.75) is 19.4 Å². The molecule has 0 saturated carbocycles. The Morgan fingerprint density at radius 1 is 1.46 bits per heavy atom.